The molecule has 1 aromatic carbocycles. The molecule has 3 rings (SSSR count). The lowest BCUT2D eigenvalue weighted by Gasteiger charge is -2.37. The van der Waals surface area contributed by atoms with Crippen molar-refractivity contribution in [3.8, 4) is 0 Å². The number of nitrogens with zero attached hydrogens (tertiary/aromatic N) is 3. The van der Waals surface area contributed by atoms with E-state index < -0.39 is 17.4 Å². The molecule has 0 atom stereocenters. The van der Waals surface area contributed by atoms with E-state index in [1.807, 2.05) is 30.3 Å². The minimum atomic E-state index is -1.20. The third kappa shape index (κ3) is 3.92. The molecule has 0 saturated heterocycles. The number of hydrogen-bond donors (Lipinski definition) is 2. The highest BCUT2D eigenvalue weighted by molar-refractivity contribution is 5.96. The van der Waals surface area contributed by atoms with E-state index in [0.29, 0.717) is 25.3 Å². The molecule has 138 valence electrons. The van der Waals surface area contributed by atoms with Gasteiger partial charge < -0.3 is 10.4 Å². The van der Waals surface area contributed by atoms with Gasteiger partial charge in [0.05, 0.1) is 12.7 Å². The number of benzene rings is 1. The standard InChI is InChI=1S/C19H24N4O3/c1-2-14-8-10-19(11-9-14,18(25)26)20-17(24)16-13-23(22-21-16)12-15-6-4-3-5-7-15/h3-7,13-14H,2,8-12H2,1H3,(H,20,24)(H,25,26). The number of nitrogens with one attached hydrogen (secondary N) is 1. The van der Waals surface area contributed by atoms with Gasteiger partial charge in [0.25, 0.3) is 5.91 Å². The first kappa shape index (κ1) is 18.1. The summed E-state index contributed by atoms with van der Waals surface area (Å²) in [5.41, 5.74) is -0.0187. The fourth-order valence-corrected chi connectivity index (χ4v) is 3.50. The molecule has 26 heavy (non-hydrogen) atoms. The number of carbonyl (C=O) groups is 2. The third-order valence-electron chi connectivity index (χ3n) is 5.26. The molecule has 1 fully saturated rings. The Balaban J connectivity index is 1.68. The molecule has 1 saturated carbocycles. The van der Waals surface area contributed by atoms with Crippen LogP contribution in [0, 0.1) is 5.92 Å². The zero-order valence-corrected chi connectivity index (χ0v) is 14.9. The molecule has 0 unspecified atom stereocenters. The molecule has 1 heterocycles. The second-order valence-electron chi connectivity index (χ2n) is 6.98. The Morgan fingerprint density at radius 3 is 2.58 bits per heavy atom. The number of hydrogen-bond acceptors (Lipinski definition) is 4. The summed E-state index contributed by atoms with van der Waals surface area (Å²) in [6, 6.07) is 9.73. The molecule has 1 amide bonds. The van der Waals surface area contributed by atoms with Crippen LogP contribution in [0.15, 0.2) is 36.5 Å². The van der Waals surface area contributed by atoms with Crippen LogP contribution in [0.2, 0.25) is 0 Å². The molecule has 1 aliphatic carbocycles. The number of carboxylic acids is 1. The Bertz CT molecular complexity index is 764. The van der Waals surface area contributed by atoms with Gasteiger partial charge in [0.1, 0.15) is 5.54 Å². The Morgan fingerprint density at radius 2 is 1.96 bits per heavy atom. The van der Waals surface area contributed by atoms with Crippen molar-refractivity contribution in [3.63, 3.8) is 0 Å². The quantitative estimate of drug-likeness (QED) is 0.829. The molecular formula is C19H24N4O3. The third-order valence-corrected chi connectivity index (χ3v) is 5.26. The molecule has 2 aromatic rings. The maximum Gasteiger partial charge on any atom is 0.329 e. The molecule has 0 radical (unpaired) electrons. The van der Waals surface area contributed by atoms with Crippen LogP contribution in [0.4, 0.5) is 0 Å². The lowest BCUT2D eigenvalue weighted by Crippen LogP contribution is -2.56. The van der Waals surface area contributed by atoms with Crippen molar-refractivity contribution in [2.45, 2.75) is 51.1 Å². The molecule has 0 spiro atoms. The maximum absolute atomic E-state index is 12.5. The van der Waals surface area contributed by atoms with Gasteiger partial charge in [0, 0.05) is 0 Å². The predicted molar refractivity (Wildman–Crippen MR) is 95.6 cm³/mol. The van der Waals surface area contributed by atoms with Crippen LogP contribution in [0.1, 0.15) is 55.1 Å². The second-order valence-corrected chi connectivity index (χ2v) is 6.98. The minimum Gasteiger partial charge on any atom is -0.480 e. The molecule has 0 aliphatic heterocycles. The Morgan fingerprint density at radius 1 is 1.27 bits per heavy atom. The van der Waals surface area contributed by atoms with Gasteiger partial charge in [-0.2, -0.15) is 0 Å². The molecule has 7 heteroatoms. The average molecular weight is 356 g/mol. The molecule has 1 aliphatic rings. The van der Waals surface area contributed by atoms with Gasteiger partial charge in [0.2, 0.25) is 0 Å². The number of amides is 1. The van der Waals surface area contributed by atoms with Crippen LogP contribution >= 0.6 is 0 Å². The molecule has 0 bridgehead atoms. The SMILES string of the molecule is CCC1CCC(NC(=O)c2cn(Cc3ccccc3)nn2)(C(=O)O)CC1. The van der Waals surface area contributed by atoms with Crippen molar-refractivity contribution in [3.05, 3.63) is 47.8 Å². The summed E-state index contributed by atoms with van der Waals surface area (Å²) in [5, 5.41) is 20.3. The van der Waals surface area contributed by atoms with Crippen molar-refractivity contribution in [1.29, 1.82) is 0 Å². The highest BCUT2D eigenvalue weighted by atomic mass is 16.4. The van der Waals surface area contributed by atoms with E-state index in [9.17, 15) is 14.7 Å². The van der Waals surface area contributed by atoms with E-state index in [-0.39, 0.29) is 5.69 Å². The van der Waals surface area contributed by atoms with Crippen LogP contribution in [0.5, 0.6) is 0 Å². The van der Waals surface area contributed by atoms with Crippen LogP contribution in [-0.2, 0) is 11.3 Å². The summed E-state index contributed by atoms with van der Waals surface area (Å²) < 4.78 is 1.58. The fraction of sp³-hybridized carbons (Fsp3) is 0.474. The summed E-state index contributed by atoms with van der Waals surface area (Å²) >= 11 is 0. The second kappa shape index (κ2) is 7.68. The summed E-state index contributed by atoms with van der Waals surface area (Å²) in [6.45, 7) is 2.62. The van der Waals surface area contributed by atoms with Gasteiger partial charge in [-0.05, 0) is 37.2 Å². The lowest BCUT2D eigenvalue weighted by molar-refractivity contribution is -0.146. The topological polar surface area (TPSA) is 97.1 Å². The van der Waals surface area contributed by atoms with Gasteiger partial charge in [0.15, 0.2) is 5.69 Å². The van der Waals surface area contributed by atoms with Crippen LogP contribution < -0.4 is 5.32 Å². The van der Waals surface area contributed by atoms with Crippen LogP contribution in [-0.4, -0.2) is 37.5 Å². The lowest BCUT2D eigenvalue weighted by atomic mass is 9.75. The van der Waals surface area contributed by atoms with Gasteiger partial charge in [-0.25, -0.2) is 9.48 Å². The van der Waals surface area contributed by atoms with Crippen LogP contribution in [0.25, 0.3) is 0 Å². The van der Waals surface area contributed by atoms with Crippen molar-refractivity contribution >= 4 is 11.9 Å². The summed E-state index contributed by atoms with van der Waals surface area (Å²) in [7, 11) is 0. The number of carbonyl (C=O) groups excluding carboxylic acids is 1. The minimum absolute atomic E-state index is 0.138. The van der Waals surface area contributed by atoms with E-state index in [0.717, 1.165) is 24.8 Å². The zero-order chi connectivity index (χ0) is 18.6. The Kier molecular flexibility index (Phi) is 5.35. The van der Waals surface area contributed by atoms with Gasteiger partial charge in [-0.15, -0.1) is 5.10 Å². The van der Waals surface area contributed by atoms with Crippen molar-refractivity contribution in [2.75, 3.05) is 0 Å². The zero-order valence-electron chi connectivity index (χ0n) is 14.9. The first-order valence-corrected chi connectivity index (χ1v) is 9.02. The maximum atomic E-state index is 12.5. The normalized spacial score (nSPS) is 22.7. The van der Waals surface area contributed by atoms with Crippen molar-refractivity contribution in [1.82, 2.24) is 20.3 Å². The number of carboxylic acid groups (broad SMARTS) is 1. The average Bonchev–Trinajstić information content (AvgIpc) is 3.11. The summed E-state index contributed by atoms with van der Waals surface area (Å²) in [5.74, 6) is -0.926. The Labute approximate surface area is 152 Å². The predicted octanol–water partition coefficient (Wildman–Crippen LogP) is 2.48. The molecule has 2 N–H and O–H groups in total. The first-order chi connectivity index (χ1) is 12.5. The molecule has 7 nitrogen and oxygen atoms in total. The van der Waals surface area contributed by atoms with E-state index >= 15 is 0 Å². The number of aliphatic carboxylic acids is 1. The van der Waals surface area contributed by atoms with E-state index in [1.54, 1.807) is 10.9 Å². The smallest absolute Gasteiger partial charge is 0.329 e. The van der Waals surface area contributed by atoms with Crippen molar-refractivity contribution in [2.24, 2.45) is 5.92 Å². The highest BCUT2D eigenvalue weighted by Crippen LogP contribution is 2.34. The van der Waals surface area contributed by atoms with Crippen LogP contribution in [0.3, 0.4) is 0 Å². The van der Waals surface area contributed by atoms with E-state index in [4.69, 9.17) is 0 Å². The monoisotopic (exact) mass is 356 g/mol. The summed E-state index contributed by atoms with van der Waals surface area (Å²) in [4.78, 5) is 24.4. The van der Waals surface area contributed by atoms with Gasteiger partial charge >= 0.3 is 5.97 Å². The first-order valence-electron chi connectivity index (χ1n) is 9.02. The highest BCUT2D eigenvalue weighted by Gasteiger charge is 2.43. The van der Waals surface area contributed by atoms with Gasteiger partial charge in [-0.1, -0.05) is 48.9 Å². The number of rotatable bonds is 6. The Hall–Kier alpha value is -2.70. The largest absolute Gasteiger partial charge is 0.480 e. The number of aromatic nitrogens is 3. The van der Waals surface area contributed by atoms with Crippen molar-refractivity contribution < 1.29 is 14.7 Å². The summed E-state index contributed by atoms with van der Waals surface area (Å²) in [6.07, 6.45) is 5.11. The van der Waals surface area contributed by atoms with E-state index in [1.165, 1.54) is 0 Å². The molecule has 1 aromatic heterocycles. The van der Waals surface area contributed by atoms with E-state index in [2.05, 4.69) is 22.6 Å². The van der Waals surface area contributed by atoms with Gasteiger partial charge in [-0.3, -0.25) is 4.79 Å². The fourth-order valence-electron chi connectivity index (χ4n) is 3.50. The molecular weight excluding hydrogens is 332 g/mol.